The molecule has 0 bridgehead atoms. The van der Waals surface area contributed by atoms with Crippen molar-refractivity contribution in [2.24, 2.45) is 0 Å². The average Bonchev–Trinajstić information content (AvgIpc) is 2.54. The third-order valence-corrected chi connectivity index (χ3v) is 3.50. The van der Waals surface area contributed by atoms with Gasteiger partial charge < -0.3 is 30.1 Å². The first-order valence-corrected chi connectivity index (χ1v) is 7.09. The number of hydrogen-bond donors (Lipinski definition) is 4. The molecule has 1 heterocycles. The van der Waals surface area contributed by atoms with Crippen LogP contribution in [0, 0.1) is 0 Å². The molecule has 2 rings (SSSR count). The number of aliphatic hydroxyl groups is 3. The highest BCUT2D eigenvalue weighted by atomic mass is 16.6. The quantitative estimate of drug-likeness (QED) is 0.512. The Kier molecular flexibility index (Phi) is 5.67. The molecule has 23 heavy (non-hydrogen) atoms. The summed E-state index contributed by atoms with van der Waals surface area (Å²) in [6.45, 7) is 0.637. The van der Waals surface area contributed by atoms with E-state index in [1.807, 2.05) is 0 Å². The highest BCUT2D eigenvalue weighted by Crippen LogP contribution is 2.23. The molecule has 1 aliphatic rings. The molecule has 1 fully saturated rings. The van der Waals surface area contributed by atoms with Crippen molar-refractivity contribution >= 4 is 11.9 Å². The summed E-state index contributed by atoms with van der Waals surface area (Å²) in [4.78, 5) is 23.4. The van der Waals surface area contributed by atoms with Crippen molar-refractivity contribution in [3.05, 3.63) is 35.9 Å². The molecule has 8 heteroatoms. The Labute approximate surface area is 132 Å². The summed E-state index contributed by atoms with van der Waals surface area (Å²) < 4.78 is 10.3. The monoisotopic (exact) mass is 325 g/mol. The highest BCUT2D eigenvalue weighted by Gasteiger charge is 2.47. The normalized spacial score (nSPS) is 30.5. The molecule has 0 unspecified atom stereocenters. The zero-order valence-electron chi connectivity index (χ0n) is 12.5. The van der Waals surface area contributed by atoms with Gasteiger partial charge in [-0.1, -0.05) is 18.2 Å². The van der Waals surface area contributed by atoms with E-state index in [4.69, 9.17) is 9.47 Å². The lowest BCUT2D eigenvalue weighted by atomic mass is 9.96. The van der Waals surface area contributed by atoms with E-state index in [0.717, 1.165) is 0 Å². The molecule has 1 saturated heterocycles. The summed E-state index contributed by atoms with van der Waals surface area (Å²) in [5, 5.41) is 31.7. The Bertz CT molecular complexity index is 550. The van der Waals surface area contributed by atoms with Crippen molar-refractivity contribution in [1.82, 2.24) is 5.32 Å². The van der Waals surface area contributed by atoms with Gasteiger partial charge in [-0.05, 0) is 12.1 Å². The van der Waals surface area contributed by atoms with Gasteiger partial charge in [0.05, 0.1) is 12.2 Å². The minimum atomic E-state index is -1.53. The molecule has 0 aromatic heterocycles. The van der Waals surface area contributed by atoms with Gasteiger partial charge in [-0.15, -0.1) is 0 Å². The number of esters is 1. The molecule has 1 aliphatic heterocycles. The van der Waals surface area contributed by atoms with Crippen molar-refractivity contribution < 1.29 is 34.4 Å². The Morgan fingerprint density at radius 3 is 2.48 bits per heavy atom. The number of hydrogen-bond acceptors (Lipinski definition) is 7. The van der Waals surface area contributed by atoms with Crippen LogP contribution in [0.5, 0.6) is 0 Å². The van der Waals surface area contributed by atoms with E-state index in [9.17, 15) is 24.9 Å². The standard InChI is InChI=1S/C15H19NO7/c1-8(18)16-11-13(12(19)10(7-17)22-15(11)21)23-14(20)9-5-3-2-4-6-9/h2-6,10-13,15,17,19,21H,7H2,1H3,(H,16,18)/t10-,11+,12+,13-,15-/m1/s1. The number of carbonyl (C=O) groups excluding carboxylic acids is 2. The molecule has 1 aromatic carbocycles. The van der Waals surface area contributed by atoms with Gasteiger partial charge in [0.25, 0.3) is 0 Å². The summed E-state index contributed by atoms with van der Waals surface area (Å²) in [5.74, 6) is -1.22. The van der Waals surface area contributed by atoms with Gasteiger partial charge in [0.2, 0.25) is 5.91 Å². The van der Waals surface area contributed by atoms with Crippen molar-refractivity contribution in [3.63, 3.8) is 0 Å². The van der Waals surface area contributed by atoms with Crippen LogP contribution < -0.4 is 5.32 Å². The van der Waals surface area contributed by atoms with E-state index in [0.29, 0.717) is 0 Å². The second kappa shape index (κ2) is 7.51. The molecular formula is C15H19NO7. The summed E-state index contributed by atoms with van der Waals surface area (Å²) >= 11 is 0. The molecule has 8 nitrogen and oxygen atoms in total. The van der Waals surface area contributed by atoms with Gasteiger partial charge in [0, 0.05) is 6.92 Å². The summed E-state index contributed by atoms with van der Waals surface area (Å²) in [5.41, 5.74) is 0.253. The molecule has 0 spiro atoms. The van der Waals surface area contributed by atoms with Crippen LogP contribution in [-0.2, 0) is 14.3 Å². The lowest BCUT2D eigenvalue weighted by Crippen LogP contribution is -2.65. The van der Waals surface area contributed by atoms with Crippen LogP contribution in [0.15, 0.2) is 30.3 Å². The Hall–Kier alpha value is -2.00. The summed E-state index contributed by atoms with van der Waals surface area (Å²) in [7, 11) is 0. The Balaban J connectivity index is 2.21. The van der Waals surface area contributed by atoms with Gasteiger partial charge >= 0.3 is 5.97 Å². The SMILES string of the molecule is CC(=O)N[C@H]1[C@@H](OC(=O)c2ccccc2)[C@@H](O)[C@@H](CO)O[C@H]1O. The third-order valence-electron chi connectivity index (χ3n) is 3.50. The Morgan fingerprint density at radius 2 is 1.91 bits per heavy atom. The van der Waals surface area contributed by atoms with Crippen LogP contribution in [-0.4, -0.2) is 64.4 Å². The lowest BCUT2D eigenvalue weighted by molar-refractivity contribution is -0.253. The number of nitrogens with one attached hydrogen (secondary N) is 1. The van der Waals surface area contributed by atoms with E-state index < -0.39 is 49.1 Å². The van der Waals surface area contributed by atoms with E-state index in [1.54, 1.807) is 18.2 Å². The predicted molar refractivity (Wildman–Crippen MR) is 77.2 cm³/mol. The van der Waals surface area contributed by atoms with Crippen molar-refractivity contribution in [2.45, 2.75) is 37.6 Å². The molecule has 126 valence electrons. The fourth-order valence-corrected chi connectivity index (χ4v) is 2.38. The zero-order chi connectivity index (χ0) is 17.0. The Morgan fingerprint density at radius 1 is 1.26 bits per heavy atom. The van der Waals surface area contributed by atoms with Crippen molar-refractivity contribution in [1.29, 1.82) is 0 Å². The third kappa shape index (κ3) is 4.05. The maximum absolute atomic E-state index is 12.2. The fraction of sp³-hybridized carbons (Fsp3) is 0.467. The molecule has 0 saturated carbocycles. The van der Waals surface area contributed by atoms with E-state index in [2.05, 4.69) is 5.32 Å². The maximum Gasteiger partial charge on any atom is 0.338 e. The average molecular weight is 325 g/mol. The minimum Gasteiger partial charge on any atom is -0.453 e. The summed E-state index contributed by atoms with van der Waals surface area (Å²) in [6.07, 6.45) is -5.35. The van der Waals surface area contributed by atoms with E-state index in [-0.39, 0.29) is 5.56 Å². The second-order valence-electron chi connectivity index (χ2n) is 5.20. The van der Waals surface area contributed by atoms with Gasteiger partial charge in [-0.3, -0.25) is 4.79 Å². The maximum atomic E-state index is 12.2. The summed E-state index contributed by atoms with van der Waals surface area (Å²) in [6, 6.07) is 6.92. The topological polar surface area (TPSA) is 125 Å². The fourth-order valence-electron chi connectivity index (χ4n) is 2.38. The number of amides is 1. The van der Waals surface area contributed by atoms with Crippen LogP contribution in [0.1, 0.15) is 17.3 Å². The predicted octanol–water partition coefficient (Wildman–Crippen LogP) is -1.21. The van der Waals surface area contributed by atoms with Crippen LogP contribution in [0.25, 0.3) is 0 Å². The number of aliphatic hydroxyl groups excluding tert-OH is 3. The first-order chi connectivity index (χ1) is 10.9. The molecule has 1 aromatic rings. The number of ether oxygens (including phenoxy) is 2. The molecule has 0 aliphatic carbocycles. The van der Waals surface area contributed by atoms with E-state index in [1.165, 1.54) is 19.1 Å². The van der Waals surface area contributed by atoms with Crippen LogP contribution in [0.2, 0.25) is 0 Å². The zero-order valence-corrected chi connectivity index (χ0v) is 12.5. The number of carbonyl (C=O) groups is 2. The van der Waals surface area contributed by atoms with Crippen LogP contribution >= 0.6 is 0 Å². The van der Waals surface area contributed by atoms with Gasteiger partial charge in [0.1, 0.15) is 18.2 Å². The van der Waals surface area contributed by atoms with Crippen LogP contribution in [0.4, 0.5) is 0 Å². The smallest absolute Gasteiger partial charge is 0.338 e. The number of benzene rings is 1. The molecule has 5 atom stereocenters. The molecule has 0 radical (unpaired) electrons. The first-order valence-electron chi connectivity index (χ1n) is 7.09. The van der Waals surface area contributed by atoms with Crippen molar-refractivity contribution in [3.8, 4) is 0 Å². The van der Waals surface area contributed by atoms with Gasteiger partial charge in [-0.25, -0.2) is 4.79 Å². The number of rotatable bonds is 4. The first kappa shape index (κ1) is 17.4. The van der Waals surface area contributed by atoms with Gasteiger partial charge in [0.15, 0.2) is 12.4 Å². The van der Waals surface area contributed by atoms with Crippen molar-refractivity contribution in [2.75, 3.05) is 6.61 Å². The molecule has 4 N–H and O–H groups in total. The van der Waals surface area contributed by atoms with Crippen LogP contribution in [0.3, 0.4) is 0 Å². The molecule has 1 amide bonds. The van der Waals surface area contributed by atoms with E-state index >= 15 is 0 Å². The highest BCUT2D eigenvalue weighted by molar-refractivity contribution is 5.89. The largest absolute Gasteiger partial charge is 0.453 e. The second-order valence-corrected chi connectivity index (χ2v) is 5.20. The molecular weight excluding hydrogens is 306 g/mol. The van der Waals surface area contributed by atoms with Gasteiger partial charge in [-0.2, -0.15) is 0 Å². The minimum absolute atomic E-state index is 0.253. The lowest BCUT2D eigenvalue weighted by Gasteiger charge is -2.41.